The van der Waals surface area contributed by atoms with Crippen LogP contribution >= 0.6 is 11.3 Å². The molecule has 25 heavy (non-hydrogen) atoms. The summed E-state index contributed by atoms with van der Waals surface area (Å²) in [5.74, 6) is -0.610. The van der Waals surface area contributed by atoms with Crippen LogP contribution in [0.15, 0.2) is 30.3 Å². The quantitative estimate of drug-likeness (QED) is 0.482. The van der Waals surface area contributed by atoms with Gasteiger partial charge in [0, 0.05) is 6.42 Å². The Hall–Kier alpha value is -2.67. The zero-order valence-electron chi connectivity index (χ0n) is 13.7. The number of primary amides is 1. The van der Waals surface area contributed by atoms with Crippen LogP contribution in [0.5, 0.6) is 0 Å². The average Bonchev–Trinajstić information content (AvgIpc) is 2.92. The molecule has 0 saturated heterocycles. The van der Waals surface area contributed by atoms with Gasteiger partial charge in [-0.1, -0.05) is 30.3 Å². The topological polar surface area (TPSA) is 136 Å². The number of carbonyl (C=O) groups excluding carboxylic acids is 2. The van der Waals surface area contributed by atoms with Crippen LogP contribution in [0.25, 0.3) is 0 Å². The van der Waals surface area contributed by atoms with Gasteiger partial charge < -0.3 is 17.2 Å². The van der Waals surface area contributed by atoms with Crippen molar-refractivity contribution in [1.82, 2.24) is 0 Å². The van der Waals surface area contributed by atoms with E-state index in [2.05, 4.69) is 0 Å². The number of hydrogen-bond donors (Lipinski definition) is 4. The van der Waals surface area contributed by atoms with E-state index in [4.69, 9.17) is 22.6 Å². The highest BCUT2D eigenvalue weighted by molar-refractivity contribution is 7.18. The van der Waals surface area contributed by atoms with Crippen molar-refractivity contribution in [1.29, 1.82) is 5.41 Å². The second kappa shape index (κ2) is 6.33. The predicted molar refractivity (Wildman–Crippen MR) is 99.2 cm³/mol. The Balaban J connectivity index is 2.12. The van der Waals surface area contributed by atoms with Gasteiger partial charge in [0.25, 0.3) is 5.91 Å². The van der Waals surface area contributed by atoms with Crippen molar-refractivity contribution in [3.8, 4) is 0 Å². The molecule has 1 aromatic heterocycles. The highest BCUT2D eigenvalue weighted by Crippen LogP contribution is 2.46. The summed E-state index contributed by atoms with van der Waals surface area (Å²) in [7, 11) is 0. The lowest BCUT2D eigenvalue weighted by atomic mass is 9.66. The fourth-order valence-electron chi connectivity index (χ4n) is 3.61. The van der Waals surface area contributed by atoms with Crippen molar-refractivity contribution < 1.29 is 9.59 Å². The Morgan fingerprint density at radius 2 is 1.92 bits per heavy atom. The van der Waals surface area contributed by atoms with Crippen LogP contribution in [0.3, 0.4) is 0 Å². The fourth-order valence-corrected chi connectivity index (χ4v) is 4.77. The van der Waals surface area contributed by atoms with E-state index in [1.807, 2.05) is 30.3 Å². The van der Waals surface area contributed by atoms with E-state index in [1.54, 1.807) is 0 Å². The zero-order valence-corrected chi connectivity index (χ0v) is 14.5. The number of rotatable bonds is 5. The first kappa shape index (κ1) is 17.2. The zero-order chi connectivity index (χ0) is 18.2. The molecule has 1 aliphatic rings. The molecule has 0 fully saturated rings. The largest absolute Gasteiger partial charge is 0.390 e. The SMILES string of the molecule is N=C(N)CCC1(c2ccccc2)CCc2c(sc(N)c2C(N)=O)C1=O. The van der Waals surface area contributed by atoms with Gasteiger partial charge in [-0.25, -0.2) is 0 Å². The third-order valence-electron chi connectivity index (χ3n) is 4.87. The molecule has 0 saturated carbocycles. The van der Waals surface area contributed by atoms with Crippen molar-refractivity contribution in [2.24, 2.45) is 11.5 Å². The predicted octanol–water partition coefficient (Wildman–Crippen LogP) is 2.21. The minimum Gasteiger partial charge on any atom is -0.390 e. The highest BCUT2D eigenvalue weighted by atomic mass is 32.1. The maximum absolute atomic E-state index is 13.4. The monoisotopic (exact) mass is 356 g/mol. The van der Waals surface area contributed by atoms with Crippen LogP contribution in [-0.2, 0) is 11.8 Å². The fraction of sp³-hybridized carbons (Fsp3) is 0.278. The number of anilines is 1. The van der Waals surface area contributed by atoms with Gasteiger partial charge in [0.05, 0.1) is 26.7 Å². The number of nitrogens with one attached hydrogen (secondary N) is 1. The Bertz CT molecular complexity index is 859. The molecule has 0 aliphatic heterocycles. The van der Waals surface area contributed by atoms with Gasteiger partial charge in [0.15, 0.2) is 5.78 Å². The molecule has 1 amide bonds. The summed E-state index contributed by atoms with van der Waals surface area (Å²) < 4.78 is 0. The average molecular weight is 356 g/mol. The Labute approximate surface area is 149 Å². The van der Waals surface area contributed by atoms with Gasteiger partial charge >= 0.3 is 0 Å². The smallest absolute Gasteiger partial charge is 0.251 e. The van der Waals surface area contributed by atoms with Crippen molar-refractivity contribution in [2.45, 2.75) is 31.1 Å². The lowest BCUT2D eigenvalue weighted by Crippen LogP contribution is -2.40. The van der Waals surface area contributed by atoms with Crippen LogP contribution in [0.4, 0.5) is 5.00 Å². The number of thiophene rings is 1. The van der Waals surface area contributed by atoms with E-state index in [-0.39, 0.29) is 17.2 Å². The van der Waals surface area contributed by atoms with Gasteiger partial charge in [0.1, 0.15) is 0 Å². The molecular formula is C18H20N4O2S. The molecule has 0 bridgehead atoms. The van der Waals surface area contributed by atoms with Gasteiger partial charge in [-0.05, 0) is 30.4 Å². The number of nitrogens with two attached hydrogens (primary N) is 3. The molecule has 3 rings (SSSR count). The van der Waals surface area contributed by atoms with Crippen LogP contribution < -0.4 is 17.2 Å². The second-order valence-corrected chi connectivity index (χ2v) is 7.37. The third kappa shape index (κ3) is 2.80. The lowest BCUT2D eigenvalue weighted by molar-refractivity contribution is 0.0856. The molecule has 1 heterocycles. The summed E-state index contributed by atoms with van der Waals surface area (Å²) in [6.45, 7) is 0. The summed E-state index contributed by atoms with van der Waals surface area (Å²) in [6, 6.07) is 9.54. The summed E-state index contributed by atoms with van der Waals surface area (Å²) in [5, 5.41) is 7.85. The number of benzene rings is 1. The normalized spacial score (nSPS) is 19.4. The number of hydrogen-bond acceptors (Lipinski definition) is 5. The molecular weight excluding hydrogens is 336 g/mol. The summed E-state index contributed by atoms with van der Waals surface area (Å²) in [5.41, 5.74) is 18.0. The van der Waals surface area contributed by atoms with E-state index in [9.17, 15) is 9.59 Å². The number of amidine groups is 1. The second-order valence-electron chi connectivity index (χ2n) is 6.32. The molecule has 7 N–H and O–H groups in total. The van der Waals surface area contributed by atoms with Crippen LogP contribution in [0.2, 0.25) is 0 Å². The van der Waals surface area contributed by atoms with Crippen molar-refractivity contribution in [3.63, 3.8) is 0 Å². The summed E-state index contributed by atoms with van der Waals surface area (Å²) in [4.78, 5) is 25.6. The Morgan fingerprint density at radius 1 is 1.24 bits per heavy atom. The number of Topliss-reactive ketones (excluding diaryl/α,β-unsaturated/α-hetero) is 1. The van der Waals surface area contributed by atoms with Crippen LogP contribution in [-0.4, -0.2) is 17.5 Å². The number of carbonyl (C=O) groups is 2. The minimum atomic E-state index is -0.758. The van der Waals surface area contributed by atoms with E-state index in [1.165, 1.54) is 0 Å². The van der Waals surface area contributed by atoms with Crippen molar-refractivity contribution in [2.75, 3.05) is 5.73 Å². The Kier molecular flexibility index (Phi) is 4.34. The van der Waals surface area contributed by atoms with E-state index in [0.29, 0.717) is 41.1 Å². The first-order valence-corrected chi connectivity index (χ1v) is 8.82. The van der Waals surface area contributed by atoms with Crippen LogP contribution in [0, 0.1) is 5.41 Å². The number of fused-ring (bicyclic) bond motifs is 1. The summed E-state index contributed by atoms with van der Waals surface area (Å²) >= 11 is 1.13. The van der Waals surface area contributed by atoms with Gasteiger partial charge in [-0.3, -0.25) is 15.0 Å². The maximum atomic E-state index is 13.4. The first-order valence-electron chi connectivity index (χ1n) is 8.01. The standard InChI is InChI=1S/C18H20N4O2S/c19-12(20)7-9-18(10-4-2-1-3-5-10)8-6-11-13(16(21)24)17(22)25-14(11)15(18)23/h1-5H,6-9,22H2,(H3,19,20)(H2,21,24). The molecule has 0 radical (unpaired) electrons. The number of ketones is 1. The molecule has 6 nitrogen and oxygen atoms in total. The molecule has 1 aromatic carbocycles. The van der Waals surface area contributed by atoms with Crippen LogP contribution in [0.1, 0.15) is 50.4 Å². The maximum Gasteiger partial charge on any atom is 0.251 e. The lowest BCUT2D eigenvalue weighted by Gasteiger charge is -2.36. The molecule has 1 aliphatic carbocycles. The third-order valence-corrected chi connectivity index (χ3v) is 5.93. The Morgan fingerprint density at radius 3 is 2.52 bits per heavy atom. The van der Waals surface area contributed by atoms with Gasteiger partial charge in [0.2, 0.25) is 0 Å². The molecule has 7 heteroatoms. The molecule has 1 atom stereocenters. The van der Waals surface area contributed by atoms with Crippen molar-refractivity contribution >= 4 is 33.9 Å². The van der Waals surface area contributed by atoms with Gasteiger partial charge in [-0.15, -0.1) is 11.3 Å². The molecule has 1 unspecified atom stereocenters. The number of nitrogen functional groups attached to an aromatic ring is 1. The molecule has 130 valence electrons. The van der Waals surface area contributed by atoms with E-state index < -0.39 is 11.3 Å². The highest BCUT2D eigenvalue weighted by Gasteiger charge is 2.46. The number of amides is 1. The van der Waals surface area contributed by atoms with Gasteiger partial charge in [-0.2, -0.15) is 0 Å². The summed E-state index contributed by atoms with van der Waals surface area (Å²) in [6.07, 6.45) is 1.86. The van der Waals surface area contributed by atoms with E-state index >= 15 is 0 Å². The molecule has 0 spiro atoms. The van der Waals surface area contributed by atoms with E-state index in [0.717, 1.165) is 16.9 Å². The molecule has 2 aromatic rings. The van der Waals surface area contributed by atoms with Crippen molar-refractivity contribution in [3.05, 3.63) is 51.9 Å². The first-order chi connectivity index (χ1) is 11.9. The minimum absolute atomic E-state index is 0.0532.